The van der Waals surface area contributed by atoms with Gasteiger partial charge in [0.15, 0.2) is 0 Å². The normalized spacial score (nSPS) is 22.7. The zero-order valence-corrected chi connectivity index (χ0v) is 19.6. The van der Waals surface area contributed by atoms with Crippen LogP contribution in [0, 0.1) is 6.92 Å². The van der Waals surface area contributed by atoms with Crippen molar-refractivity contribution in [3.63, 3.8) is 0 Å². The van der Waals surface area contributed by atoms with Gasteiger partial charge in [-0.05, 0) is 67.9 Å². The molecular weight excluding hydrogens is 428 g/mol. The Labute approximate surface area is 201 Å². The molecule has 3 heterocycles. The van der Waals surface area contributed by atoms with E-state index in [0.29, 0.717) is 5.56 Å². The number of carbonyl (C=O) groups excluding carboxylic acids is 1. The molecule has 7 heteroatoms. The molecule has 2 unspecified atom stereocenters. The predicted molar refractivity (Wildman–Crippen MR) is 134 cm³/mol. The monoisotopic (exact) mass is 460 g/mol. The highest BCUT2D eigenvalue weighted by Gasteiger charge is 2.25. The van der Waals surface area contributed by atoms with Crippen molar-refractivity contribution >= 4 is 17.3 Å². The number of rotatable bonds is 6. The lowest BCUT2D eigenvalue weighted by molar-refractivity contribution is 0.0263. The Morgan fingerprint density at radius 3 is 2.85 bits per heavy atom. The van der Waals surface area contributed by atoms with Crippen LogP contribution in [0.5, 0.6) is 5.75 Å². The molecule has 2 fully saturated rings. The first-order valence-corrected chi connectivity index (χ1v) is 12.0. The zero-order chi connectivity index (χ0) is 23.3. The van der Waals surface area contributed by atoms with Crippen molar-refractivity contribution < 1.29 is 14.3 Å². The number of aryl methyl sites for hydroxylation is 1. The van der Waals surface area contributed by atoms with E-state index in [4.69, 9.17) is 9.47 Å². The summed E-state index contributed by atoms with van der Waals surface area (Å²) in [6.07, 6.45) is 9.69. The molecule has 2 atom stereocenters. The molecule has 1 amide bonds. The van der Waals surface area contributed by atoms with Gasteiger partial charge >= 0.3 is 0 Å². The lowest BCUT2D eigenvalue weighted by Gasteiger charge is -2.40. The van der Waals surface area contributed by atoms with E-state index in [1.165, 1.54) is 0 Å². The molecule has 2 aromatic rings. The number of hydrogen-bond donors (Lipinski definition) is 2. The number of ether oxygens (including phenoxy) is 2. The maximum atomic E-state index is 13.1. The average molecular weight is 461 g/mol. The first-order valence-electron chi connectivity index (χ1n) is 12.0. The molecule has 0 saturated carbocycles. The topological polar surface area (TPSA) is 66.1 Å². The number of morpholine rings is 1. The molecule has 0 radical (unpaired) electrons. The molecule has 34 heavy (non-hydrogen) atoms. The highest BCUT2D eigenvalue weighted by atomic mass is 16.5. The largest absolute Gasteiger partial charge is 0.489 e. The average Bonchev–Trinajstić information content (AvgIpc) is 3.39. The molecule has 0 bridgehead atoms. The van der Waals surface area contributed by atoms with E-state index in [-0.39, 0.29) is 18.2 Å². The molecule has 0 aromatic heterocycles. The first kappa shape index (κ1) is 22.7. The van der Waals surface area contributed by atoms with Crippen LogP contribution in [0.25, 0.3) is 0 Å². The van der Waals surface area contributed by atoms with Gasteiger partial charge in [-0.25, -0.2) is 0 Å². The predicted octanol–water partition coefficient (Wildman–Crippen LogP) is 3.54. The Balaban J connectivity index is 1.32. The third-order valence-corrected chi connectivity index (χ3v) is 6.53. The maximum absolute atomic E-state index is 13.1. The van der Waals surface area contributed by atoms with Crippen LogP contribution in [0.2, 0.25) is 0 Å². The van der Waals surface area contributed by atoms with E-state index in [1.54, 1.807) is 0 Å². The SMILES string of the molecule is Cc1ccc(N2C=CC=CC2N2CCOCC2)cc1NC(=O)c1cccc(OC2CCNC2)c1. The fourth-order valence-corrected chi connectivity index (χ4v) is 4.60. The van der Waals surface area contributed by atoms with Crippen molar-refractivity contribution in [2.24, 2.45) is 0 Å². The smallest absolute Gasteiger partial charge is 0.255 e. The van der Waals surface area contributed by atoms with E-state index in [1.807, 2.05) is 37.3 Å². The molecule has 0 spiro atoms. The molecule has 3 aliphatic rings. The van der Waals surface area contributed by atoms with Crippen molar-refractivity contribution in [3.8, 4) is 5.75 Å². The Morgan fingerprint density at radius 2 is 2.03 bits per heavy atom. The van der Waals surface area contributed by atoms with E-state index < -0.39 is 0 Å². The van der Waals surface area contributed by atoms with Crippen LogP contribution >= 0.6 is 0 Å². The standard InChI is InChI=1S/C27H32N4O3/c1-20-8-9-22(31-12-3-2-7-26(31)30-13-15-33-16-14-30)18-25(20)29-27(32)21-5-4-6-23(17-21)34-24-10-11-28-19-24/h2-9,12,17-18,24,26,28H,10-11,13-16,19H2,1H3,(H,29,32). The van der Waals surface area contributed by atoms with Crippen molar-refractivity contribution in [2.75, 3.05) is 49.6 Å². The molecule has 7 nitrogen and oxygen atoms in total. The number of benzene rings is 2. The van der Waals surface area contributed by atoms with E-state index >= 15 is 0 Å². The molecule has 5 rings (SSSR count). The van der Waals surface area contributed by atoms with Crippen molar-refractivity contribution in [1.82, 2.24) is 10.2 Å². The van der Waals surface area contributed by atoms with Crippen molar-refractivity contribution in [1.29, 1.82) is 0 Å². The van der Waals surface area contributed by atoms with Crippen LogP contribution in [0.15, 0.2) is 66.9 Å². The molecule has 2 N–H and O–H groups in total. The van der Waals surface area contributed by atoms with Gasteiger partial charge in [-0.3, -0.25) is 9.69 Å². The lowest BCUT2D eigenvalue weighted by atomic mass is 10.1. The maximum Gasteiger partial charge on any atom is 0.255 e. The van der Waals surface area contributed by atoms with Crippen LogP contribution in [-0.2, 0) is 4.74 Å². The lowest BCUT2D eigenvalue weighted by Crippen LogP contribution is -2.50. The highest BCUT2D eigenvalue weighted by molar-refractivity contribution is 6.05. The summed E-state index contributed by atoms with van der Waals surface area (Å²) in [5, 5.41) is 6.41. The van der Waals surface area contributed by atoms with Gasteiger partial charge in [0.1, 0.15) is 18.0 Å². The second-order valence-corrected chi connectivity index (χ2v) is 8.91. The zero-order valence-electron chi connectivity index (χ0n) is 19.6. The van der Waals surface area contributed by atoms with E-state index in [0.717, 1.165) is 68.5 Å². The summed E-state index contributed by atoms with van der Waals surface area (Å²) in [6.45, 7) is 7.10. The van der Waals surface area contributed by atoms with Gasteiger partial charge in [-0.2, -0.15) is 0 Å². The summed E-state index contributed by atoms with van der Waals surface area (Å²) >= 11 is 0. The number of carbonyl (C=O) groups is 1. The summed E-state index contributed by atoms with van der Waals surface area (Å²) in [7, 11) is 0. The summed E-state index contributed by atoms with van der Waals surface area (Å²) < 4.78 is 11.6. The van der Waals surface area contributed by atoms with E-state index in [2.05, 4.69) is 57.0 Å². The van der Waals surface area contributed by atoms with Crippen molar-refractivity contribution in [2.45, 2.75) is 25.6 Å². The Bertz CT molecular complexity index is 1070. The number of anilines is 2. The van der Waals surface area contributed by atoms with Gasteiger partial charge in [0.2, 0.25) is 0 Å². The summed E-state index contributed by atoms with van der Waals surface area (Å²) in [6, 6.07) is 13.6. The number of allylic oxidation sites excluding steroid dienone is 2. The molecule has 3 aliphatic heterocycles. The minimum atomic E-state index is -0.144. The van der Waals surface area contributed by atoms with Crippen molar-refractivity contribution in [3.05, 3.63) is 78.0 Å². The molecular formula is C27H32N4O3. The minimum absolute atomic E-state index is 0.124. The number of amides is 1. The molecule has 2 saturated heterocycles. The third-order valence-electron chi connectivity index (χ3n) is 6.53. The highest BCUT2D eigenvalue weighted by Crippen LogP contribution is 2.29. The van der Waals surface area contributed by atoms with Gasteiger partial charge in [-0.15, -0.1) is 0 Å². The fraction of sp³-hybridized carbons (Fsp3) is 0.370. The van der Waals surface area contributed by atoms with Gasteiger partial charge in [0.05, 0.1) is 13.2 Å². The van der Waals surface area contributed by atoms with Crippen LogP contribution in [0.3, 0.4) is 0 Å². The van der Waals surface area contributed by atoms with E-state index in [9.17, 15) is 4.79 Å². The number of nitrogens with zero attached hydrogens (tertiary/aromatic N) is 2. The van der Waals surface area contributed by atoms with Gasteiger partial charge in [-0.1, -0.05) is 18.2 Å². The Hall–Kier alpha value is -3.13. The molecule has 178 valence electrons. The van der Waals surface area contributed by atoms with Gasteiger partial charge in [0, 0.05) is 42.8 Å². The van der Waals surface area contributed by atoms with Gasteiger partial charge in [0.25, 0.3) is 5.91 Å². The summed E-state index contributed by atoms with van der Waals surface area (Å²) in [4.78, 5) is 17.8. The van der Waals surface area contributed by atoms with Gasteiger partial charge < -0.3 is 25.0 Å². The Kier molecular flexibility index (Phi) is 6.94. The second kappa shape index (κ2) is 10.4. The third kappa shape index (κ3) is 5.17. The van der Waals surface area contributed by atoms with Crippen LogP contribution in [-0.4, -0.2) is 62.5 Å². The fourth-order valence-electron chi connectivity index (χ4n) is 4.60. The molecule has 2 aromatic carbocycles. The number of nitrogens with one attached hydrogen (secondary N) is 2. The molecule has 0 aliphatic carbocycles. The second-order valence-electron chi connectivity index (χ2n) is 8.91. The summed E-state index contributed by atoms with van der Waals surface area (Å²) in [5.74, 6) is 0.583. The van der Waals surface area contributed by atoms with Crippen LogP contribution in [0.4, 0.5) is 11.4 Å². The minimum Gasteiger partial charge on any atom is -0.489 e. The Morgan fingerprint density at radius 1 is 1.15 bits per heavy atom. The first-order chi connectivity index (χ1) is 16.7. The summed E-state index contributed by atoms with van der Waals surface area (Å²) in [5.41, 5.74) is 3.43. The number of hydrogen-bond acceptors (Lipinski definition) is 6. The quantitative estimate of drug-likeness (QED) is 0.688. The van der Waals surface area contributed by atoms with Crippen LogP contribution < -0.4 is 20.3 Å². The van der Waals surface area contributed by atoms with Crippen LogP contribution in [0.1, 0.15) is 22.3 Å².